The lowest BCUT2D eigenvalue weighted by Gasteiger charge is -2.04. The lowest BCUT2D eigenvalue weighted by Crippen LogP contribution is -1.98. The van der Waals surface area contributed by atoms with Crippen LogP contribution in [0.15, 0.2) is 24.4 Å². The molecule has 0 amide bonds. The van der Waals surface area contributed by atoms with E-state index in [2.05, 4.69) is 4.98 Å². The van der Waals surface area contributed by atoms with Gasteiger partial charge in [0.1, 0.15) is 0 Å². The van der Waals surface area contributed by atoms with Crippen molar-refractivity contribution in [1.29, 1.82) is 0 Å². The number of halogens is 2. The van der Waals surface area contributed by atoms with Gasteiger partial charge in [0.05, 0.1) is 15.6 Å². The van der Waals surface area contributed by atoms with Crippen LogP contribution in [0.5, 0.6) is 0 Å². The standard InChI is InChI=1S/C12H9Cl2NO/c1-2-12(16)9-4-7-3-8(13)6-15-11(7)5-10(9)14/h3-6H,2H2,1H3. The highest BCUT2D eigenvalue weighted by molar-refractivity contribution is 6.35. The number of hydrogen-bond donors (Lipinski definition) is 0. The van der Waals surface area contributed by atoms with Gasteiger partial charge < -0.3 is 0 Å². The Morgan fingerprint density at radius 3 is 2.75 bits per heavy atom. The Hall–Kier alpha value is -1.12. The summed E-state index contributed by atoms with van der Waals surface area (Å²) in [5.74, 6) is 0.0203. The zero-order chi connectivity index (χ0) is 11.7. The van der Waals surface area contributed by atoms with Gasteiger partial charge in [-0.2, -0.15) is 0 Å². The highest BCUT2D eigenvalue weighted by Crippen LogP contribution is 2.25. The van der Waals surface area contributed by atoms with Gasteiger partial charge in [-0.05, 0) is 18.2 Å². The van der Waals surface area contributed by atoms with Gasteiger partial charge in [-0.15, -0.1) is 0 Å². The summed E-state index contributed by atoms with van der Waals surface area (Å²) in [6, 6.07) is 5.20. The Kier molecular flexibility index (Phi) is 3.13. The summed E-state index contributed by atoms with van der Waals surface area (Å²) in [7, 11) is 0. The molecule has 2 aromatic rings. The number of carbonyl (C=O) groups is 1. The summed E-state index contributed by atoms with van der Waals surface area (Å²) in [4.78, 5) is 15.8. The van der Waals surface area contributed by atoms with Crippen molar-refractivity contribution in [1.82, 2.24) is 4.98 Å². The molecule has 0 aliphatic heterocycles. The van der Waals surface area contributed by atoms with Gasteiger partial charge in [-0.25, -0.2) is 0 Å². The molecule has 0 N–H and O–H groups in total. The molecule has 2 rings (SSSR count). The Labute approximate surface area is 103 Å². The minimum atomic E-state index is 0.0203. The van der Waals surface area contributed by atoms with E-state index in [0.29, 0.717) is 22.0 Å². The van der Waals surface area contributed by atoms with E-state index < -0.39 is 0 Å². The molecule has 16 heavy (non-hydrogen) atoms. The minimum Gasteiger partial charge on any atom is -0.294 e. The molecule has 0 bridgehead atoms. The number of benzene rings is 1. The normalized spacial score (nSPS) is 10.7. The van der Waals surface area contributed by atoms with Crippen molar-refractivity contribution >= 4 is 39.9 Å². The third kappa shape index (κ3) is 2.04. The number of hydrogen-bond acceptors (Lipinski definition) is 2. The second-order valence-corrected chi connectivity index (χ2v) is 4.30. The first-order valence-corrected chi connectivity index (χ1v) is 5.65. The molecule has 1 aromatic carbocycles. The van der Waals surface area contributed by atoms with Crippen LogP contribution in [0.25, 0.3) is 10.9 Å². The number of fused-ring (bicyclic) bond motifs is 1. The molecule has 1 aromatic heterocycles. The average Bonchev–Trinajstić information content (AvgIpc) is 2.28. The van der Waals surface area contributed by atoms with E-state index in [0.717, 1.165) is 10.9 Å². The van der Waals surface area contributed by atoms with Crippen LogP contribution in [0.2, 0.25) is 10.0 Å². The lowest BCUT2D eigenvalue weighted by atomic mass is 10.1. The molecule has 0 radical (unpaired) electrons. The highest BCUT2D eigenvalue weighted by Gasteiger charge is 2.10. The van der Waals surface area contributed by atoms with Crippen LogP contribution in [-0.2, 0) is 0 Å². The SMILES string of the molecule is CCC(=O)c1cc2cc(Cl)cnc2cc1Cl. The lowest BCUT2D eigenvalue weighted by molar-refractivity contribution is 0.0988. The van der Waals surface area contributed by atoms with E-state index in [1.165, 1.54) is 0 Å². The fourth-order valence-electron chi connectivity index (χ4n) is 1.53. The number of carbonyl (C=O) groups excluding carboxylic acids is 1. The molecule has 0 spiro atoms. The van der Waals surface area contributed by atoms with Crippen LogP contribution in [0.3, 0.4) is 0 Å². The van der Waals surface area contributed by atoms with Gasteiger partial charge >= 0.3 is 0 Å². The maximum absolute atomic E-state index is 11.6. The summed E-state index contributed by atoms with van der Waals surface area (Å²) in [6.07, 6.45) is 1.99. The Balaban J connectivity index is 2.68. The highest BCUT2D eigenvalue weighted by atomic mass is 35.5. The van der Waals surface area contributed by atoms with Crippen molar-refractivity contribution in [2.45, 2.75) is 13.3 Å². The molecule has 0 aliphatic carbocycles. The Morgan fingerprint density at radius 1 is 1.31 bits per heavy atom. The van der Waals surface area contributed by atoms with Gasteiger partial charge in [-0.1, -0.05) is 30.1 Å². The monoisotopic (exact) mass is 253 g/mol. The molecule has 0 saturated carbocycles. The fourth-order valence-corrected chi connectivity index (χ4v) is 1.96. The number of rotatable bonds is 2. The van der Waals surface area contributed by atoms with Gasteiger partial charge in [0.15, 0.2) is 5.78 Å². The van der Waals surface area contributed by atoms with Gasteiger partial charge in [0.2, 0.25) is 0 Å². The van der Waals surface area contributed by atoms with E-state index in [-0.39, 0.29) is 5.78 Å². The zero-order valence-electron chi connectivity index (χ0n) is 8.63. The molecular weight excluding hydrogens is 245 g/mol. The number of aromatic nitrogens is 1. The van der Waals surface area contributed by atoms with Gasteiger partial charge in [-0.3, -0.25) is 9.78 Å². The van der Waals surface area contributed by atoms with Crippen LogP contribution in [0, 0.1) is 0 Å². The predicted octanol–water partition coefficient (Wildman–Crippen LogP) is 4.13. The van der Waals surface area contributed by atoms with E-state index in [9.17, 15) is 4.79 Å². The first-order chi connectivity index (χ1) is 7.61. The van der Waals surface area contributed by atoms with E-state index in [1.54, 1.807) is 31.3 Å². The molecule has 0 aliphatic rings. The van der Waals surface area contributed by atoms with Crippen molar-refractivity contribution in [3.8, 4) is 0 Å². The maximum atomic E-state index is 11.6. The van der Waals surface area contributed by atoms with E-state index in [1.807, 2.05) is 0 Å². The van der Waals surface area contributed by atoms with Crippen molar-refractivity contribution in [2.24, 2.45) is 0 Å². The third-order valence-electron chi connectivity index (χ3n) is 2.36. The quantitative estimate of drug-likeness (QED) is 0.754. The van der Waals surface area contributed by atoms with Crippen LogP contribution in [0.4, 0.5) is 0 Å². The van der Waals surface area contributed by atoms with Gasteiger partial charge in [0.25, 0.3) is 0 Å². The first-order valence-electron chi connectivity index (χ1n) is 4.90. The number of ketones is 1. The summed E-state index contributed by atoms with van der Waals surface area (Å²) < 4.78 is 0. The van der Waals surface area contributed by atoms with Crippen molar-refractivity contribution in [2.75, 3.05) is 0 Å². The summed E-state index contributed by atoms with van der Waals surface area (Å²) in [5.41, 5.74) is 1.27. The smallest absolute Gasteiger partial charge is 0.164 e. The molecule has 1 heterocycles. The molecule has 0 saturated heterocycles. The summed E-state index contributed by atoms with van der Waals surface area (Å²) in [5, 5.41) is 1.81. The molecule has 0 fully saturated rings. The van der Waals surface area contributed by atoms with E-state index in [4.69, 9.17) is 23.2 Å². The van der Waals surface area contributed by atoms with Crippen molar-refractivity contribution in [3.63, 3.8) is 0 Å². The Bertz CT molecular complexity index is 566. The maximum Gasteiger partial charge on any atom is 0.164 e. The minimum absolute atomic E-state index is 0.0203. The van der Waals surface area contributed by atoms with Crippen LogP contribution < -0.4 is 0 Å². The molecule has 2 nitrogen and oxygen atoms in total. The second kappa shape index (κ2) is 4.40. The molecule has 0 atom stereocenters. The fraction of sp³-hybridized carbons (Fsp3) is 0.167. The zero-order valence-corrected chi connectivity index (χ0v) is 10.1. The molecule has 4 heteroatoms. The summed E-state index contributed by atoms with van der Waals surface area (Å²) in [6.45, 7) is 1.80. The summed E-state index contributed by atoms with van der Waals surface area (Å²) >= 11 is 11.9. The van der Waals surface area contributed by atoms with Crippen LogP contribution >= 0.6 is 23.2 Å². The van der Waals surface area contributed by atoms with Crippen molar-refractivity contribution < 1.29 is 4.79 Å². The number of Topliss-reactive ketones (excluding diaryl/α,β-unsaturated/α-hetero) is 1. The largest absolute Gasteiger partial charge is 0.294 e. The Morgan fingerprint density at radius 2 is 2.06 bits per heavy atom. The predicted molar refractivity (Wildman–Crippen MR) is 66.4 cm³/mol. The van der Waals surface area contributed by atoms with Gasteiger partial charge in [0, 0.05) is 23.6 Å². The number of pyridine rings is 1. The average molecular weight is 254 g/mol. The number of nitrogens with zero attached hydrogens (tertiary/aromatic N) is 1. The van der Waals surface area contributed by atoms with Crippen molar-refractivity contribution in [3.05, 3.63) is 40.0 Å². The third-order valence-corrected chi connectivity index (χ3v) is 2.88. The second-order valence-electron chi connectivity index (χ2n) is 3.46. The first kappa shape index (κ1) is 11.4. The molecule has 0 unspecified atom stereocenters. The van der Waals surface area contributed by atoms with Crippen LogP contribution in [0.1, 0.15) is 23.7 Å². The molecular formula is C12H9Cl2NO. The molecule has 82 valence electrons. The van der Waals surface area contributed by atoms with Crippen LogP contribution in [-0.4, -0.2) is 10.8 Å². The topological polar surface area (TPSA) is 30.0 Å². The van der Waals surface area contributed by atoms with E-state index >= 15 is 0 Å².